The van der Waals surface area contributed by atoms with Crippen molar-refractivity contribution < 1.29 is 19.1 Å². The van der Waals surface area contributed by atoms with Crippen LogP contribution in [0, 0.1) is 5.92 Å². The van der Waals surface area contributed by atoms with Gasteiger partial charge in [-0.25, -0.2) is 4.98 Å². The normalized spacial score (nSPS) is 20.6. The smallest absolute Gasteiger partial charge is 0.326 e. The Morgan fingerprint density at radius 1 is 1.52 bits per heavy atom. The summed E-state index contributed by atoms with van der Waals surface area (Å²) in [6.45, 7) is 5.56. The molecule has 0 aromatic carbocycles. The van der Waals surface area contributed by atoms with Crippen LogP contribution in [-0.2, 0) is 19.1 Å². The lowest BCUT2D eigenvalue weighted by Crippen LogP contribution is -2.28. The van der Waals surface area contributed by atoms with Gasteiger partial charge in [0.2, 0.25) is 11.7 Å². The molecule has 1 aliphatic rings. The summed E-state index contributed by atoms with van der Waals surface area (Å²) < 4.78 is 10.6. The zero-order valence-corrected chi connectivity index (χ0v) is 14.3. The Morgan fingerprint density at radius 3 is 3.04 bits per heavy atom. The first-order valence-electron chi connectivity index (χ1n) is 8.11. The molecule has 7 nitrogen and oxygen atoms in total. The van der Waals surface area contributed by atoms with E-state index in [0.29, 0.717) is 5.65 Å². The van der Waals surface area contributed by atoms with Gasteiger partial charge in [-0.15, -0.1) is 0 Å². The van der Waals surface area contributed by atoms with Crippen LogP contribution in [0.25, 0.3) is 17.1 Å². The molecule has 1 aliphatic heterocycles. The van der Waals surface area contributed by atoms with Crippen LogP contribution in [0.5, 0.6) is 0 Å². The van der Waals surface area contributed by atoms with Crippen LogP contribution in [-0.4, -0.2) is 40.3 Å². The van der Waals surface area contributed by atoms with Crippen molar-refractivity contribution in [2.75, 3.05) is 6.61 Å². The zero-order valence-electron chi connectivity index (χ0n) is 14.3. The van der Waals surface area contributed by atoms with E-state index in [1.165, 1.54) is 0 Å². The predicted octanol–water partition coefficient (Wildman–Crippen LogP) is 2.49. The largest absolute Gasteiger partial charge is 0.465 e. The second-order valence-corrected chi connectivity index (χ2v) is 5.86. The molecule has 3 rings (SSSR count). The number of aliphatic imine (C=N–C) groups is 1. The summed E-state index contributed by atoms with van der Waals surface area (Å²) in [6, 6.07) is 3.58. The summed E-state index contributed by atoms with van der Waals surface area (Å²) in [4.78, 5) is 36.3. The fraction of sp³-hybridized carbons (Fsp3) is 0.333. The van der Waals surface area contributed by atoms with Crippen molar-refractivity contribution in [1.82, 2.24) is 9.97 Å². The van der Waals surface area contributed by atoms with Gasteiger partial charge in [0.1, 0.15) is 5.65 Å². The van der Waals surface area contributed by atoms with Crippen molar-refractivity contribution >= 4 is 34.8 Å². The Kier molecular flexibility index (Phi) is 4.65. The molecule has 0 spiro atoms. The minimum absolute atomic E-state index is 0.0715. The number of ketones is 1. The SMILES string of the molecule is CCOC(=O)C1C(=O)/C(=C/c2c[nH]c3ncccc23)OC1=NC(C)C. The van der Waals surface area contributed by atoms with Crippen LogP contribution in [0.15, 0.2) is 35.3 Å². The molecule has 0 amide bonds. The molecule has 1 fully saturated rings. The summed E-state index contributed by atoms with van der Waals surface area (Å²) >= 11 is 0. The van der Waals surface area contributed by atoms with Crippen molar-refractivity contribution in [3.63, 3.8) is 0 Å². The van der Waals surface area contributed by atoms with E-state index < -0.39 is 17.7 Å². The maximum absolute atomic E-state index is 12.7. The van der Waals surface area contributed by atoms with E-state index in [0.717, 1.165) is 10.9 Å². The highest BCUT2D eigenvalue weighted by molar-refractivity contribution is 6.27. The first-order chi connectivity index (χ1) is 12.0. The first-order valence-corrected chi connectivity index (χ1v) is 8.11. The lowest BCUT2D eigenvalue weighted by atomic mass is 10.0. The number of Topliss-reactive ketones (excluding diaryl/α,β-unsaturated/α-hetero) is 1. The van der Waals surface area contributed by atoms with Gasteiger partial charge in [0.15, 0.2) is 11.7 Å². The molecule has 1 saturated heterocycles. The van der Waals surface area contributed by atoms with Gasteiger partial charge in [-0.1, -0.05) is 0 Å². The molecule has 3 heterocycles. The van der Waals surface area contributed by atoms with Gasteiger partial charge in [0.05, 0.1) is 6.61 Å². The van der Waals surface area contributed by atoms with Crippen molar-refractivity contribution in [3.8, 4) is 0 Å². The number of fused-ring (bicyclic) bond motifs is 1. The Labute approximate surface area is 144 Å². The first kappa shape index (κ1) is 16.9. The number of carbonyl (C=O) groups is 2. The maximum Gasteiger partial charge on any atom is 0.326 e. The molecule has 0 radical (unpaired) electrons. The molecule has 2 aromatic heterocycles. The van der Waals surface area contributed by atoms with Crippen LogP contribution in [0.1, 0.15) is 26.3 Å². The van der Waals surface area contributed by atoms with E-state index in [1.807, 2.05) is 26.0 Å². The number of esters is 1. The van der Waals surface area contributed by atoms with Crippen LogP contribution in [0.2, 0.25) is 0 Å². The van der Waals surface area contributed by atoms with E-state index in [-0.39, 0.29) is 24.3 Å². The third-order valence-corrected chi connectivity index (χ3v) is 3.64. The number of rotatable bonds is 4. The summed E-state index contributed by atoms with van der Waals surface area (Å²) in [5.74, 6) is -2.08. The number of allylic oxidation sites excluding steroid dienone is 1. The maximum atomic E-state index is 12.7. The fourth-order valence-corrected chi connectivity index (χ4v) is 2.60. The van der Waals surface area contributed by atoms with E-state index >= 15 is 0 Å². The molecule has 1 atom stereocenters. The molecule has 7 heteroatoms. The van der Waals surface area contributed by atoms with Crippen LogP contribution in [0.4, 0.5) is 0 Å². The number of nitrogens with one attached hydrogen (secondary N) is 1. The summed E-state index contributed by atoms with van der Waals surface area (Å²) in [7, 11) is 0. The second-order valence-electron chi connectivity index (χ2n) is 5.86. The zero-order chi connectivity index (χ0) is 18.0. The molecule has 0 aliphatic carbocycles. The Bertz CT molecular complexity index is 879. The van der Waals surface area contributed by atoms with Gasteiger partial charge in [0, 0.05) is 29.4 Å². The molecule has 130 valence electrons. The fourth-order valence-electron chi connectivity index (χ4n) is 2.60. The third-order valence-electron chi connectivity index (χ3n) is 3.64. The molecule has 25 heavy (non-hydrogen) atoms. The molecule has 0 bridgehead atoms. The topological polar surface area (TPSA) is 93.6 Å². The van der Waals surface area contributed by atoms with Crippen molar-refractivity contribution in [3.05, 3.63) is 35.8 Å². The van der Waals surface area contributed by atoms with E-state index in [4.69, 9.17) is 9.47 Å². The van der Waals surface area contributed by atoms with Gasteiger partial charge < -0.3 is 14.5 Å². The minimum Gasteiger partial charge on any atom is -0.465 e. The molecule has 1 N–H and O–H groups in total. The molecular formula is C18H19N3O4. The average Bonchev–Trinajstić information content (AvgIpc) is 3.10. The van der Waals surface area contributed by atoms with Crippen LogP contribution < -0.4 is 0 Å². The van der Waals surface area contributed by atoms with Gasteiger partial charge in [-0.2, -0.15) is 0 Å². The van der Waals surface area contributed by atoms with E-state index in [2.05, 4.69) is 15.0 Å². The second kappa shape index (κ2) is 6.88. The minimum atomic E-state index is -1.14. The van der Waals surface area contributed by atoms with Gasteiger partial charge >= 0.3 is 5.97 Å². The summed E-state index contributed by atoms with van der Waals surface area (Å²) in [6.07, 6.45) is 5.01. The Hall–Kier alpha value is -2.96. The number of aromatic amines is 1. The van der Waals surface area contributed by atoms with Crippen molar-refractivity contribution in [2.24, 2.45) is 10.9 Å². The highest BCUT2D eigenvalue weighted by Gasteiger charge is 2.44. The number of aromatic nitrogens is 2. The van der Waals surface area contributed by atoms with Gasteiger partial charge in [-0.05, 0) is 39.0 Å². The van der Waals surface area contributed by atoms with Crippen LogP contribution >= 0.6 is 0 Å². The van der Waals surface area contributed by atoms with Crippen LogP contribution in [0.3, 0.4) is 0 Å². The van der Waals surface area contributed by atoms with E-state index in [9.17, 15) is 9.59 Å². The Balaban J connectivity index is 2.00. The number of hydrogen-bond acceptors (Lipinski definition) is 6. The lowest BCUT2D eigenvalue weighted by Gasteiger charge is -2.07. The quantitative estimate of drug-likeness (QED) is 0.524. The van der Waals surface area contributed by atoms with Crippen molar-refractivity contribution in [1.29, 1.82) is 0 Å². The highest BCUT2D eigenvalue weighted by Crippen LogP contribution is 2.27. The monoisotopic (exact) mass is 341 g/mol. The number of nitrogens with zero attached hydrogens (tertiary/aromatic N) is 2. The number of ether oxygens (including phenoxy) is 2. The average molecular weight is 341 g/mol. The lowest BCUT2D eigenvalue weighted by molar-refractivity contribution is -0.147. The number of hydrogen-bond donors (Lipinski definition) is 1. The molecule has 1 unspecified atom stereocenters. The standard InChI is InChI=1S/C18H19N3O4/c1-4-24-18(23)14-15(22)13(25-17(14)21-10(2)3)8-11-9-20-16-12(11)6-5-7-19-16/h5-10,14H,4H2,1-3H3,(H,19,20)/b13-8-,21-17?. The third kappa shape index (κ3) is 3.31. The predicted molar refractivity (Wildman–Crippen MR) is 92.9 cm³/mol. The highest BCUT2D eigenvalue weighted by atomic mass is 16.5. The number of H-pyrrole nitrogens is 1. The molecule has 0 saturated carbocycles. The van der Waals surface area contributed by atoms with E-state index in [1.54, 1.807) is 25.4 Å². The molecule has 2 aromatic rings. The summed E-state index contributed by atoms with van der Waals surface area (Å²) in [5.41, 5.74) is 1.46. The number of pyridine rings is 1. The summed E-state index contributed by atoms with van der Waals surface area (Å²) in [5, 5.41) is 0.855. The number of carbonyl (C=O) groups excluding carboxylic acids is 2. The van der Waals surface area contributed by atoms with Gasteiger partial charge in [-0.3, -0.25) is 14.6 Å². The van der Waals surface area contributed by atoms with Gasteiger partial charge in [0.25, 0.3) is 0 Å². The van der Waals surface area contributed by atoms with Crippen molar-refractivity contribution in [2.45, 2.75) is 26.8 Å². The Morgan fingerprint density at radius 2 is 2.32 bits per heavy atom. The molecular weight excluding hydrogens is 322 g/mol.